The maximum atomic E-state index is 3.56. The van der Waals surface area contributed by atoms with Gasteiger partial charge in [0, 0.05) is 19.6 Å². The smallest absolute Gasteiger partial charge is 0.0243 e. The summed E-state index contributed by atoms with van der Waals surface area (Å²) in [5, 5.41) is 0. The fraction of sp³-hybridized carbons (Fsp3) is 0.0769. The van der Waals surface area contributed by atoms with Crippen LogP contribution in [0.4, 0.5) is 0 Å². The first kappa shape index (κ1) is 12.2. The standard InChI is InChI=1S/C13H10Br2S/c14-11-5-7-12(8-6-11)16-9-10-3-1-2-4-13(10)15/h1-8H,9H2. The average Bonchev–Trinajstić information content (AvgIpc) is 2.30. The molecule has 0 spiro atoms. The molecular formula is C13H10Br2S. The summed E-state index contributed by atoms with van der Waals surface area (Å²) in [5.41, 5.74) is 1.33. The minimum Gasteiger partial charge on any atom is -0.121 e. The van der Waals surface area contributed by atoms with E-state index in [1.165, 1.54) is 14.9 Å². The van der Waals surface area contributed by atoms with E-state index in [-0.39, 0.29) is 0 Å². The van der Waals surface area contributed by atoms with Gasteiger partial charge in [0.25, 0.3) is 0 Å². The lowest BCUT2D eigenvalue weighted by Crippen LogP contribution is -1.81. The average molecular weight is 358 g/mol. The molecule has 0 aromatic heterocycles. The van der Waals surface area contributed by atoms with E-state index in [4.69, 9.17) is 0 Å². The summed E-state index contributed by atoms with van der Waals surface area (Å²) < 4.78 is 2.30. The van der Waals surface area contributed by atoms with Crippen molar-refractivity contribution in [2.75, 3.05) is 0 Å². The summed E-state index contributed by atoms with van der Waals surface area (Å²) in [6, 6.07) is 16.7. The number of rotatable bonds is 3. The van der Waals surface area contributed by atoms with Gasteiger partial charge in [-0.1, -0.05) is 50.1 Å². The molecule has 0 saturated carbocycles. The van der Waals surface area contributed by atoms with Crippen LogP contribution < -0.4 is 0 Å². The molecule has 0 saturated heterocycles. The van der Waals surface area contributed by atoms with E-state index in [2.05, 4.69) is 74.3 Å². The van der Waals surface area contributed by atoms with E-state index < -0.39 is 0 Å². The molecule has 2 aromatic rings. The van der Waals surface area contributed by atoms with Gasteiger partial charge in [-0.05, 0) is 35.9 Å². The lowest BCUT2D eigenvalue weighted by Gasteiger charge is -2.04. The summed E-state index contributed by atoms with van der Waals surface area (Å²) >= 11 is 8.84. The van der Waals surface area contributed by atoms with Crippen molar-refractivity contribution in [2.24, 2.45) is 0 Å². The van der Waals surface area contributed by atoms with Crippen LogP contribution in [0.15, 0.2) is 62.4 Å². The van der Waals surface area contributed by atoms with Crippen LogP contribution in [0.1, 0.15) is 5.56 Å². The molecule has 0 bridgehead atoms. The fourth-order valence-corrected chi connectivity index (χ4v) is 3.08. The Morgan fingerprint density at radius 2 is 1.56 bits per heavy atom. The van der Waals surface area contributed by atoms with Crippen molar-refractivity contribution in [1.82, 2.24) is 0 Å². The van der Waals surface area contributed by atoms with Crippen LogP contribution in [-0.4, -0.2) is 0 Å². The van der Waals surface area contributed by atoms with Crippen molar-refractivity contribution in [2.45, 2.75) is 10.6 Å². The highest BCUT2D eigenvalue weighted by Crippen LogP contribution is 2.27. The first-order valence-electron chi connectivity index (χ1n) is 4.87. The molecule has 0 amide bonds. The first-order valence-corrected chi connectivity index (χ1v) is 7.44. The highest BCUT2D eigenvalue weighted by atomic mass is 79.9. The van der Waals surface area contributed by atoms with E-state index in [0.29, 0.717) is 0 Å². The zero-order valence-electron chi connectivity index (χ0n) is 8.49. The Morgan fingerprint density at radius 1 is 0.875 bits per heavy atom. The molecule has 2 aromatic carbocycles. The van der Waals surface area contributed by atoms with Gasteiger partial charge < -0.3 is 0 Å². The molecule has 0 atom stereocenters. The first-order chi connectivity index (χ1) is 7.75. The highest BCUT2D eigenvalue weighted by Gasteiger charge is 1.99. The second-order valence-corrected chi connectivity index (χ2v) is 6.15. The molecular weight excluding hydrogens is 348 g/mol. The Morgan fingerprint density at radius 3 is 2.25 bits per heavy atom. The Hall–Kier alpha value is -0.250. The van der Waals surface area contributed by atoms with Gasteiger partial charge in [0.2, 0.25) is 0 Å². The molecule has 0 aliphatic heterocycles. The summed E-state index contributed by atoms with van der Waals surface area (Å²) in [4.78, 5) is 1.29. The quantitative estimate of drug-likeness (QED) is 0.653. The Bertz CT molecular complexity index is 466. The SMILES string of the molecule is Brc1ccc(SCc2ccccc2Br)cc1. The van der Waals surface area contributed by atoms with Gasteiger partial charge in [0.05, 0.1) is 0 Å². The largest absolute Gasteiger partial charge is 0.121 e. The molecule has 0 unspecified atom stereocenters. The monoisotopic (exact) mass is 356 g/mol. The molecule has 82 valence electrons. The fourth-order valence-electron chi connectivity index (χ4n) is 1.31. The van der Waals surface area contributed by atoms with Gasteiger partial charge in [-0.15, -0.1) is 11.8 Å². The number of thioether (sulfide) groups is 1. The molecule has 3 heteroatoms. The van der Waals surface area contributed by atoms with Crippen molar-refractivity contribution in [1.29, 1.82) is 0 Å². The van der Waals surface area contributed by atoms with E-state index in [1.54, 1.807) is 0 Å². The summed E-state index contributed by atoms with van der Waals surface area (Å²) in [6.45, 7) is 0. The van der Waals surface area contributed by atoms with Crippen LogP contribution in [0.3, 0.4) is 0 Å². The summed E-state index contributed by atoms with van der Waals surface area (Å²) in [5.74, 6) is 0.989. The van der Waals surface area contributed by atoms with Crippen LogP contribution in [0, 0.1) is 0 Å². The van der Waals surface area contributed by atoms with Crippen molar-refractivity contribution >= 4 is 43.6 Å². The van der Waals surface area contributed by atoms with Crippen molar-refractivity contribution in [3.05, 3.63) is 63.0 Å². The zero-order chi connectivity index (χ0) is 11.4. The molecule has 0 fully saturated rings. The lowest BCUT2D eigenvalue weighted by atomic mass is 10.2. The minimum atomic E-state index is 0.989. The van der Waals surface area contributed by atoms with Gasteiger partial charge in [0.1, 0.15) is 0 Å². The Kier molecular flexibility index (Phi) is 4.50. The number of benzene rings is 2. The topological polar surface area (TPSA) is 0 Å². The highest BCUT2D eigenvalue weighted by molar-refractivity contribution is 9.10. The van der Waals surface area contributed by atoms with E-state index in [9.17, 15) is 0 Å². The summed E-state index contributed by atoms with van der Waals surface area (Å²) in [6.07, 6.45) is 0. The van der Waals surface area contributed by atoms with Gasteiger partial charge >= 0.3 is 0 Å². The number of halogens is 2. The van der Waals surface area contributed by atoms with Crippen LogP contribution in [0.25, 0.3) is 0 Å². The predicted octanol–water partition coefficient (Wildman–Crippen LogP) is 5.50. The molecule has 0 radical (unpaired) electrons. The van der Waals surface area contributed by atoms with E-state index in [1.807, 2.05) is 17.8 Å². The van der Waals surface area contributed by atoms with Crippen LogP contribution >= 0.6 is 43.6 Å². The third kappa shape index (κ3) is 3.37. The number of hydrogen-bond donors (Lipinski definition) is 0. The third-order valence-corrected chi connectivity index (χ3v) is 4.53. The number of hydrogen-bond acceptors (Lipinski definition) is 1. The van der Waals surface area contributed by atoms with Crippen LogP contribution in [0.2, 0.25) is 0 Å². The zero-order valence-corrected chi connectivity index (χ0v) is 12.5. The molecule has 0 N–H and O–H groups in total. The molecule has 0 nitrogen and oxygen atoms in total. The van der Waals surface area contributed by atoms with E-state index in [0.717, 1.165) is 10.2 Å². The second-order valence-electron chi connectivity index (χ2n) is 3.33. The maximum absolute atomic E-state index is 3.56. The van der Waals surface area contributed by atoms with Gasteiger partial charge in [-0.3, -0.25) is 0 Å². The molecule has 0 aliphatic carbocycles. The normalized spacial score (nSPS) is 10.4. The third-order valence-electron chi connectivity index (χ3n) is 2.17. The molecule has 16 heavy (non-hydrogen) atoms. The van der Waals surface area contributed by atoms with Crippen LogP contribution in [-0.2, 0) is 5.75 Å². The summed E-state index contributed by atoms with van der Waals surface area (Å²) in [7, 11) is 0. The van der Waals surface area contributed by atoms with Gasteiger partial charge in [0.15, 0.2) is 0 Å². The lowest BCUT2D eigenvalue weighted by molar-refractivity contribution is 1.35. The van der Waals surface area contributed by atoms with Crippen molar-refractivity contribution < 1.29 is 0 Å². The predicted molar refractivity (Wildman–Crippen MR) is 77.8 cm³/mol. The molecule has 0 aliphatic rings. The van der Waals surface area contributed by atoms with Crippen LogP contribution in [0.5, 0.6) is 0 Å². The molecule has 2 rings (SSSR count). The maximum Gasteiger partial charge on any atom is 0.0243 e. The van der Waals surface area contributed by atoms with Gasteiger partial charge in [-0.25, -0.2) is 0 Å². The Labute approximate surface area is 117 Å². The van der Waals surface area contributed by atoms with Crippen molar-refractivity contribution in [3.63, 3.8) is 0 Å². The van der Waals surface area contributed by atoms with E-state index >= 15 is 0 Å². The second kappa shape index (κ2) is 5.89. The minimum absolute atomic E-state index is 0.989. The van der Waals surface area contributed by atoms with Crippen molar-refractivity contribution in [3.8, 4) is 0 Å². The van der Waals surface area contributed by atoms with Gasteiger partial charge in [-0.2, -0.15) is 0 Å². The Balaban J connectivity index is 2.02. The molecule has 0 heterocycles.